The number of nitrogens with zero attached hydrogens (tertiary/aromatic N) is 1. The number of aryl methyl sites for hydroxylation is 1. The van der Waals surface area contributed by atoms with Crippen LogP contribution in [0.1, 0.15) is 31.0 Å². The maximum atomic E-state index is 10.7. The van der Waals surface area contributed by atoms with Gasteiger partial charge in [-0.15, -0.1) is 0 Å². The fraction of sp³-hybridized carbons (Fsp3) is 0.462. The van der Waals surface area contributed by atoms with Crippen LogP contribution in [0.15, 0.2) is 24.3 Å². The van der Waals surface area contributed by atoms with Crippen LogP contribution < -0.4 is 0 Å². The van der Waals surface area contributed by atoms with Gasteiger partial charge in [-0.2, -0.15) is 0 Å². The van der Waals surface area contributed by atoms with Crippen LogP contribution in [-0.2, 0) is 4.79 Å². The summed E-state index contributed by atoms with van der Waals surface area (Å²) in [5.74, 6) is -0.776. The van der Waals surface area contributed by atoms with E-state index in [0.717, 1.165) is 6.54 Å². The van der Waals surface area contributed by atoms with Crippen molar-refractivity contribution < 1.29 is 9.90 Å². The van der Waals surface area contributed by atoms with E-state index in [1.165, 1.54) is 11.1 Å². The van der Waals surface area contributed by atoms with E-state index in [-0.39, 0.29) is 12.6 Å². The molecule has 1 aromatic carbocycles. The molecule has 0 saturated carbocycles. The largest absolute Gasteiger partial charge is 0.480 e. The normalized spacial score (nSPS) is 12.8. The number of hydrogen-bond donors (Lipinski definition) is 1. The number of carboxylic acids is 1. The minimum atomic E-state index is -0.776. The van der Waals surface area contributed by atoms with Crippen molar-refractivity contribution in [2.75, 3.05) is 13.1 Å². The molecule has 88 valence electrons. The number of hydrogen-bond acceptors (Lipinski definition) is 2. The highest BCUT2D eigenvalue weighted by molar-refractivity contribution is 5.69. The van der Waals surface area contributed by atoms with Crippen LogP contribution in [0.3, 0.4) is 0 Å². The van der Waals surface area contributed by atoms with Gasteiger partial charge >= 0.3 is 5.97 Å². The Morgan fingerprint density at radius 1 is 1.44 bits per heavy atom. The standard InChI is InChI=1S/C13H19NO2/c1-4-14(9-13(15)16)11(3)12-8-6-5-7-10(12)2/h5-8,11H,4,9H2,1-3H3,(H,15,16). The van der Waals surface area contributed by atoms with Crippen molar-refractivity contribution in [2.24, 2.45) is 0 Å². The molecule has 0 aliphatic carbocycles. The predicted octanol–water partition coefficient (Wildman–Crippen LogP) is 2.46. The van der Waals surface area contributed by atoms with Crippen molar-refractivity contribution in [1.29, 1.82) is 0 Å². The smallest absolute Gasteiger partial charge is 0.317 e. The summed E-state index contributed by atoms with van der Waals surface area (Å²) in [6, 6.07) is 8.25. The molecule has 0 radical (unpaired) electrons. The Kier molecular flexibility index (Phi) is 4.50. The Hall–Kier alpha value is -1.35. The van der Waals surface area contributed by atoms with E-state index in [1.807, 2.05) is 24.0 Å². The van der Waals surface area contributed by atoms with Gasteiger partial charge in [0.1, 0.15) is 0 Å². The van der Waals surface area contributed by atoms with E-state index < -0.39 is 5.97 Å². The Labute approximate surface area is 96.7 Å². The molecule has 0 aliphatic rings. The lowest BCUT2D eigenvalue weighted by Gasteiger charge is -2.27. The van der Waals surface area contributed by atoms with Gasteiger partial charge in [0.15, 0.2) is 0 Å². The van der Waals surface area contributed by atoms with Gasteiger partial charge in [0, 0.05) is 6.04 Å². The topological polar surface area (TPSA) is 40.5 Å². The second-order valence-corrected chi connectivity index (χ2v) is 3.99. The van der Waals surface area contributed by atoms with Crippen molar-refractivity contribution in [3.63, 3.8) is 0 Å². The molecule has 16 heavy (non-hydrogen) atoms. The van der Waals surface area contributed by atoms with Crippen LogP contribution in [-0.4, -0.2) is 29.1 Å². The molecule has 0 aliphatic heterocycles. The summed E-state index contributed by atoms with van der Waals surface area (Å²) >= 11 is 0. The Balaban J connectivity index is 2.86. The van der Waals surface area contributed by atoms with Crippen molar-refractivity contribution >= 4 is 5.97 Å². The Morgan fingerprint density at radius 3 is 2.56 bits per heavy atom. The maximum Gasteiger partial charge on any atom is 0.317 e. The SMILES string of the molecule is CCN(CC(=O)O)C(C)c1ccccc1C. The van der Waals surface area contributed by atoms with Crippen molar-refractivity contribution in [2.45, 2.75) is 26.8 Å². The molecule has 0 fully saturated rings. The maximum absolute atomic E-state index is 10.7. The van der Waals surface area contributed by atoms with Gasteiger partial charge in [0.2, 0.25) is 0 Å². The van der Waals surface area contributed by atoms with Crippen LogP contribution >= 0.6 is 0 Å². The number of rotatable bonds is 5. The molecule has 3 nitrogen and oxygen atoms in total. The summed E-state index contributed by atoms with van der Waals surface area (Å²) in [4.78, 5) is 12.7. The van der Waals surface area contributed by atoms with Crippen molar-refractivity contribution in [1.82, 2.24) is 4.90 Å². The molecule has 0 spiro atoms. The first-order valence-corrected chi connectivity index (χ1v) is 5.57. The average molecular weight is 221 g/mol. The Morgan fingerprint density at radius 2 is 2.06 bits per heavy atom. The molecule has 1 rings (SSSR count). The van der Waals surface area contributed by atoms with Gasteiger partial charge in [-0.1, -0.05) is 31.2 Å². The number of aliphatic carboxylic acids is 1. The number of likely N-dealkylation sites (N-methyl/N-ethyl adjacent to an activating group) is 1. The highest BCUT2D eigenvalue weighted by Gasteiger charge is 2.17. The number of carboxylic acid groups (broad SMARTS) is 1. The van der Waals surface area contributed by atoms with Gasteiger partial charge in [0.25, 0.3) is 0 Å². The van der Waals surface area contributed by atoms with Crippen molar-refractivity contribution in [3.05, 3.63) is 35.4 Å². The third-order valence-corrected chi connectivity index (χ3v) is 2.93. The summed E-state index contributed by atoms with van der Waals surface area (Å²) in [5, 5.41) is 8.84. The van der Waals surface area contributed by atoms with Gasteiger partial charge in [-0.25, -0.2) is 0 Å². The van der Waals surface area contributed by atoms with Gasteiger partial charge < -0.3 is 5.11 Å². The summed E-state index contributed by atoms with van der Waals surface area (Å²) < 4.78 is 0. The molecule has 0 amide bonds. The van der Waals surface area contributed by atoms with E-state index >= 15 is 0 Å². The highest BCUT2D eigenvalue weighted by atomic mass is 16.4. The molecule has 1 atom stereocenters. The van der Waals surface area contributed by atoms with Crippen LogP contribution in [0.4, 0.5) is 0 Å². The molecule has 0 aromatic heterocycles. The average Bonchev–Trinajstić information content (AvgIpc) is 2.25. The molecule has 1 aromatic rings. The van der Waals surface area contributed by atoms with Gasteiger partial charge in [0.05, 0.1) is 6.54 Å². The fourth-order valence-electron chi connectivity index (χ4n) is 1.95. The molecule has 0 saturated heterocycles. The quantitative estimate of drug-likeness (QED) is 0.830. The zero-order valence-corrected chi connectivity index (χ0v) is 10.1. The zero-order chi connectivity index (χ0) is 12.1. The van der Waals surface area contributed by atoms with Crippen LogP contribution in [0.5, 0.6) is 0 Å². The monoisotopic (exact) mass is 221 g/mol. The lowest BCUT2D eigenvalue weighted by molar-refractivity contribution is -0.138. The summed E-state index contributed by atoms with van der Waals surface area (Å²) in [6.07, 6.45) is 0. The second kappa shape index (κ2) is 5.66. The highest BCUT2D eigenvalue weighted by Crippen LogP contribution is 2.22. The predicted molar refractivity (Wildman–Crippen MR) is 64.5 cm³/mol. The Bertz CT molecular complexity index is 363. The molecule has 1 N–H and O–H groups in total. The van der Waals surface area contributed by atoms with Crippen LogP contribution in [0.2, 0.25) is 0 Å². The van der Waals surface area contributed by atoms with E-state index in [0.29, 0.717) is 0 Å². The molecular weight excluding hydrogens is 202 g/mol. The third kappa shape index (κ3) is 3.07. The molecule has 0 bridgehead atoms. The van der Waals surface area contributed by atoms with E-state index in [1.54, 1.807) is 0 Å². The summed E-state index contributed by atoms with van der Waals surface area (Å²) in [6.45, 7) is 6.92. The minimum Gasteiger partial charge on any atom is -0.480 e. The first-order valence-electron chi connectivity index (χ1n) is 5.57. The minimum absolute atomic E-state index is 0.0893. The van der Waals surface area contributed by atoms with Gasteiger partial charge in [-0.05, 0) is 31.5 Å². The number of carbonyl (C=O) groups is 1. The molecule has 1 unspecified atom stereocenters. The van der Waals surface area contributed by atoms with Crippen molar-refractivity contribution in [3.8, 4) is 0 Å². The molecular formula is C13H19NO2. The first kappa shape index (κ1) is 12.7. The zero-order valence-electron chi connectivity index (χ0n) is 10.1. The lowest BCUT2D eigenvalue weighted by Crippen LogP contribution is -2.32. The summed E-state index contributed by atoms with van der Waals surface area (Å²) in [5.41, 5.74) is 2.41. The van der Waals surface area contributed by atoms with E-state index in [4.69, 9.17) is 5.11 Å². The fourth-order valence-corrected chi connectivity index (χ4v) is 1.95. The lowest BCUT2D eigenvalue weighted by atomic mass is 10.0. The summed E-state index contributed by atoms with van der Waals surface area (Å²) in [7, 11) is 0. The third-order valence-electron chi connectivity index (χ3n) is 2.93. The first-order chi connectivity index (χ1) is 7.56. The van der Waals surface area contributed by atoms with E-state index in [2.05, 4.69) is 26.0 Å². The van der Waals surface area contributed by atoms with Crippen LogP contribution in [0, 0.1) is 6.92 Å². The van der Waals surface area contributed by atoms with Crippen LogP contribution in [0.25, 0.3) is 0 Å². The van der Waals surface area contributed by atoms with E-state index in [9.17, 15) is 4.79 Å². The molecule has 0 heterocycles. The number of benzene rings is 1. The van der Waals surface area contributed by atoms with Gasteiger partial charge in [-0.3, -0.25) is 9.69 Å². The second-order valence-electron chi connectivity index (χ2n) is 3.99. The molecule has 3 heteroatoms.